The van der Waals surface area contributed by atoms with E-state index in [1.165, 1.54) is 5.56 Å². The summed E-state index contributed by atoms with van der Waals surface area (Å²) in [5, 5.41) is 8.98. The third-order valence-corrected chi connectivity index (χ3v) is 6.98. The number of carbonyl (C=O) groups excluding carboxylic acids is 2. The third-order valence-electron chi connectivity index (χ3n) is 6.98. The lowest BCUT2D eigenvalue weighted by atomic mass is 9.81. The van der Waals surface area contributed by atoms with E-state index in [1.54, 1.807) is 11.9 Å². The minimum atomic E-state index is -0.972. The maximum absolute atomic E-state index is 13.7. The summed E-state index contributed by atoms with van der Waals surface area (Å²) in [6.45, 7) is 2.09. The first-order chi connectivity index (χ1) is 15.4. The molecule has 2 aromatic carbocycles. The number of fused-ring (bicyclic) bond motifs is 2. The molecule has 2 amide bonds. The van der Waals surface area contributed by atoms with E-state index in [0.29, 0.717) is 5.56 Å². The Morgan fingerprint density at radius 2 is 1.75 bits per heavy atom. The Morgan fingerprint density at radius 1 is 1.03 bits per heavy atom. The highest BCUT2D eigenvalue weighted by molar-refractivity contribution is 6.07. The molecule has 0 radical (unpaired) electrons. The highest BCUT2D eigenvalue weighted by atomic mass is 16.4. The molecule has 6 nitrogen and oxygen atoms in total. The molecule has 3 atom stereocenters. The molecule has 1 fully saturated rings. The van der Waals surface area contributed by atoms with Crippen LogP contribution in [0.2, 0.25) is 0 Å². The van der Waals surface area contributed by atoms with E-state index in [1.807, 2.05) is 53.4 Å². The Morgan fingerprint density at radius 3 is 2.44 bits per heavy atom. The molecule has 0 spiro atoms. The fourth-order valence-electron chi connectivity index (χ4n) is 5.35. The lowest BCUT2D eigenvalue weighted by Crippen LogP contribution is -2.51. The number of amides is 2. The first-order valence-electron chi connectivity index (χ1n) is 11.4. The van der Waals surface area contributed by atoms with Gasteiger partial charge in [0.25, 0.3) is 5.91 Å². The largest absolute Gasteiger partial charge is 0.481 e. The molecule has 6 heteroatoms. The molecule has 32 heavy (non-hydrogen) atoms. The Bertz CT molecular complexity index is 1020. The lowest BCUT2D eigenvalue weighted by Gasteiger charge is -2.46. The average Bonchev–Trinajstić information content (AvgIpc) is 3.29. The van der Waals surface area contributed by atoms with Crippen LogP contribution in [0.1, 0.15) is 66.6 Å². The molecule has 1 heterocycles. The number of anilines is 1. The van der Waals surface area contributed by atoms with Crippen LogP contribution >= 0.6 is 0 Å². The predicted octanol–water partition coefficient (Wildman–Crippen LogP) is 4.44. The van der Waals surface area contributed by atoms with Crippen LogP contribution in [0.25, 0.3) is 0 Å². The number of aryl methyl sites for hydroxylation is 1. The fraction of sp³-hybridized carbons (Fsp3) is 0.423. The van der Waals surface area contributed by atoms with Crippen molar-refractivity contribution in [2.24, 2.45) is 5.92 Å². The van der Waals surface area contributed by atoms with Gasteiger partial charge in [0.15, 0.2) is 0 Å². The smallest absolute Gasteiger partial charge is 0.303 e. The minimum Gasteiger partial charge on any atom is -0.481 e. The number of carbonyl (C=O) groups is 3. The lowest BCUT2D eigenvalue weighted by molar-refractivity contribution is -0.141. The van der Waals surface area contributed by atoms with Gasteiger partial charge in [0.1, 0.15) is 0 Å². The van der Waals surface area contributed by atoms with Crippen molar-refractivity contribution in [3.05, 3.63) is 65.2 Å². The first kappa shape index (κ1) is 22.1. The van der Waals surface area contributed by atoms with Gasteiger partial charge in [-0.3, -0.25) is 14.4 Å². The number of para-hydroxylation sites is 1. The topological polar surface area (TPSA) is 77.9 Å². The van der Waals surface area contributed by atoms with Gasteiger partial charge in [0, 0.05) is 36.7 Å². The van der Waals surface area contributed by atoms with Crippen LogP contribution in [0.15, 0.2) is 48.5 Å². The summed E-state index contributed by atoms with van der Waals surface area (Å²) in [7, 11) is 1.77. The van der Waals surface area contributed by atoms with E-state index in [4.69, 9.17) is 5.11 Å². The van der Waals surface area contributed by atoms with Crippen LogP contribution in [0, 0.1) is 5.92 Å². The summed E-state index contributed by atoms with van der Waals surface area (Å²) in [6.07, 6.45) is 3.55. The molecule has 2 aliphatic rings. The zero-order valence-corrected chi connectivity index (χ0v) is 18.7. The molecule has 168 valence electrons. The van der Waals surface area contributed by atoms with Gasteiger partial charge in [-0.2, -0.15) is 0 Å². The summed E-state index contributed by atoms with van der Waals surface area (Å²) in [5.41, 5.74) is 3.68. The molecular weight excluding hydrogens is 404 g/mol. The number of aliphatic carboxylic acids is 1. The first-order valence-corrected chi connectivity index (χ1v) is 11.4. The molecule has 0 bridgehead atoms. The number of carboxylic acid groups (broad SMARTS) is 1. The van der Waals surface area contributed by atoms with Gasteiger partial charge in [-0.25, -0.2) is 0 Å². The standard InChI is InChI=1S/C26H30N2O4/c1-3-17-11-13-18(14-12-17)26(32)28-21-9-5-4-7-19(21)25(20-8-6-10-22(20)28)27(2)23(29)15-16-24(30)31/h4-5,7,9,11-14,20,22,25H,3,6,8,10,15-16H2,1-2H3,(H,30,31). The van der Waals surface area contributed by atoms with Crippen molar-refractivity contribution in [1.29, 1.82) is 0 Å². The molecule has 1 aliphatic heterocycles. The Balaban J connectivity index is 1.71. The molecule has 1 saturated carbocycles. The molecule has 0 saturated heterocycles. The van der Waals surface area contributed by atoms with E-state index in [-0.39, 0.29) is 42.7 Å². The second kappa shape index (κ2) is 9.15. The highest BCUT2D eigenvalue weighted by Gasteiger charge is 2.47. The van der Waals surface area contributed by atoms with Crippen LogP contribution in [-0.4, -0.2) is 40.9 Å². The molecule has 4 rings (SSSR count). The van der Waals surface area contributed by atoms with Crippen LogP contribution in [0.4, 0.5) is 5.69 Å². The normalized spacial score (nSPS) is 21.6. The maximum atomic E-state index is 13.7. The van der Waals surface area contributed by atoms with Crippen molar-refractivity contribution in [3.63, 3.8) is 0 Å². The number of hydrogen-bond donors (Lipinski definition) is 1. The summed E-state index contributed by atoms with van der Waals surface area (Å²) < 4.78 is 0. The highest BCUT2D eigenvalue weighted by Crippen LogP contribution is 2.50. The zero-order valence-electron chi connectivity index (χ0n) is 18.7. The van der Waals surface area contributed by atoms with Gasteiger partial charge in [-0.05, 0) is 48.6 Å². The van der Waals surface area contributed by atoms with E-state index in [2.05, 4.69) is 6.92 Å². The quantitative estimate of drug-likeness (QED) is 0.729. The summed E-state index contributed by atoms with van der Waals surface area (Å²) in [5.74, 6) is -1.02. The number of benzene rings is 2. The predicted molar refractivity (Wildman–Crippen MR) is 123 cm³/mol. The summed E-state index contributed by atoms with van der Waals surface area (Å²) in [6, 6.07) is 15.5. The van der Waals surface area contributed by atoms with Gasteiger partial charge < -0.3 is 14.9 Å². The molecule has 2 aromatic rings. The van der Waals surface area contributed by atoms with Crippen molar-refractivity contribution in [1.82, 2.24) is 4.90 Å². The maximum Gasteiger partial charge on any atom is 0.303 e. The van der Waals surface area contributed by atoms with Gasteiger partial charge >= 0.3 is 5.97 Å². The molecule has 1 N–H and O–H groups in total. The second-order valence-electron chi connectivity index (χ2n) is 8.79. The second-order valence-corrected chi connectivity index (χ2v) is 8.79. The SMILES string of the molecule is CCc1ccc(C(=O)N2c3ccccc3C(N(C)C(=O)CCC(=O)O)C3CCCC32)cc1. The molecule has 0 aromatic heterocycles. The van der Waals surface area contributed by atoms with E-state index in [9.17, 15) is 14.4 Å². The summed E-state index contributed by atoms with van der Waals surface area (Å²) in [4.78, 5) is 41.1. The van der Waals surface area contributed by atoms with Crippen molar-refractivity contribution in [2.75, 3.05) is 11.9 Å². The average molecular weight is 435 g/mol. The van der Waals surface area contributed by atoms with Crippen molar-refractivity contribution in [3.8, 4) is 0 Å². The van der Waals surface area contributed by atoms with Crippen molar-refractivity contribution < 1.29 is 19.5 Å². The Hall–Kier alpha value is -3.15. The zero-order chi connectivity index (χ0) is 22.8. The van der Waals surface area contributed by atoms with Gasteiger partial charge in [-0.1, -0.05) is 43.7 Å². The van der Waals surface area contributed by atoms with Crippen LogP contribution < -0.4 is 4.90 Å². The number of rotatable bonds is 6. The van der Waals surface area contributed by atoms with Crippen molar-refractivity contribution in [2.45, 2.75) is 57.5 Å². The molecule has 1 aliphatic carbocycles. The van der Waals surface area contributed by atoms with E-state index < -0.39 is 5.97 Å². The molecular formula is C26H30N2O4. The number of nitrogens with zero attached hydrogens (tertiary/aromatic N) is 2. The number of carboxylic acids is 1. The fourth-order valence-corrected chi connectivity index (χ4v) is 5.35. The van der Waals surface area contributed by atoms with E-state index >= 15 is 0 Å². The van der Waals surface area contributed by atoms with Crippen LogP contribution in [0.3, 0.4) is 0 Å². The van der Waals surface area contributed by atoms with E-state index in [0.717, 1.165) is 36.9 Å². The van der Waals surface area contributed by atoms with Crippen molar-refractivity contribution >= 4 is 23.5 Å². The molecule has 3 unspecified atom stereocenters. The van der Waals surface area contributed by atoms with Gasteiger partial charge in [-0.15, -0.1) is 0 Å². The minimum absolute atomic E-state index is 0.00434. The Kier molecular flexibility index (Phi) is 6.31. The Labute approximate surface area is 188 Å². The van der Waals surface area contributed by atoms with Crippen LogP contribution in [0.5, 0.6) is 0 Å². The van der Waals surface area contributed by atoms with Gasteiger partial charge in [0.05, 0.1) is 12.5 Å². The van der Waals surface area contributed by atoms with Crippen LogP contribution in [-0.2, 0) is 16.0 Å². The summed E-state index contributed by atoms with van der Waals surface area (Å²) >= 11 is 0. The number of hydrogen-bond acceptors (Lipinski definition) is 3. The van der Waals surface area contributed by atoms with Gasteiger partial charge in [0.2, 0.25) is 5.91 Å². The monoisotopic (exact) mass is 434 g/mol. The third kappa shape index (κ3) is 4.01.